The average molecular weight is 364 g/mol. The predicted molar refractivity (Wildman–Crippen MR) is 91.4 cm³/mol. The molecule has 0 unspecified atom stereocenters. The van der Waals surface area contributed by atoms with E-state index >= 15 is 0 Å². The summed E-state index contributed by atoms with van der Waals surface area (Å²) in [4.78, 5) is 22.4. The molecule has 27 heavy (non-hydrogen) atoms. The monoisotopic (exact) mass is 364 g/mol. The van der Waals surface area contributed by atoms with Gasteiger partial charge in [0.1, 0.15) is 0 Å². The lowest BCUT2D eigenvalue weighted by molar-refractivity contribution is -0.384. The summed E-state index contributed by atoms with van der Waals surface area (Å²) < 4.78 is 10.8. The third-order valence-corrected chi connectivity index (χ3v) is 3.62. The molecule has 0 aliphatic carbocycles. The Morgan fingerprint density at radius 1 is 1.26 bits per heavy atom. The number of aromatic nitrogens is 2. The molecule has 0 aliphatic heterocycles. The smallest absolute Gasteiger partial charge is 0.338 e. The summed E-state index contributed by atoms with van der Waals surface area (Å²) in [7, 11) is 0. The van der Waals surface area contributed by atoms with Gasteiger partial charge in [-0.1, -0.05) is 6.07 Å². The average Bonchev–Trinajstić information content (AvgIpc) is 3.18. The molecule has 0 N–H and O–H groups in total. The first-order chi connectivity index (χ1) is 13.0. The SMILES string of the molecule is C[C@H](OC(=O)c1cccc(C#N)c1)c1nnc(-c2ccc([N+](=O)[O-])cc2)o1. The number of rotatable bonds is 5. The van der Waals surface area contributed by atoms with Crippen LogP contribution in [0.25, 0.3) is 11.5 Å². The molecule has 0 spiro atoms. The molecule has 0 amide bonds. The number of carbonyl (C=O) groups is 1. The van der Waals surface area contributed by atoms with Crippen LogP contribution in [0.15, 0.2) is 52.9 Å². The van der Waals surface area contributed by atoms with Crippen LogP contribution in [0.4, 0.5) is 5.69 Å². The highest BCUT2D eigenvalue weighted by Gasteiger charge is 2.20. The summed E-state index contributed by atoms with van der Waals surface area (Å²) in [6.45, 7) is 1.57. The van der Waals surface area contributed by atoms with E-state index in [2.05, 4.69) is 10.2 Å². The largest absolute Gasteiger partial charge is 0.449 e. The minimum absolute atomic E-state index is 0.0552. The van der Waals surface area contributed by atoms with Crippen LogP contribution >= 0.6 is 0 Å². The molecule has 0 saturated carbocycles. The molecule has 1 atom stereocenters. The Balaban J connectivity index is 1.72. The summed E-state index contributed by atoms with van der Waals surface area (Å²) in [6, 6.07) is 13.7. The molecule has 1 heterocycles. The maximum absolute atomic E-state index is 12.2. The minimum atomic E-state index is -0.817. The standard InChI is InChI=1S/C18H12N4O5/c1-11(26-18(23)14-4-2-3-12(9-14)10-19)16-20-21-17(27-16)13-5-7-15(8-6-13)22(24)25/h2-9,11H,1H3/t11-/m0/s1. The lowest BCUT2D eigenvalue weighted by atomic mass is 10.1. The van der Waals surface area contributed by atoms with Crippen LogP contribution in [0.2, 0.25) is 0 Å². The van der Waals surface area contributed by atoms with Crippen molar-refractivity contribution in [3.8, 4) is 17.5 Å². The summed E-state index contributed by atoms with van der Waals surface area (Å²) in [5.41, 5.74) is 1.02. The Labute approximate surface area is 153 Å². The molecular formula is C18H12N4O5. The number of nitro benzene ring substituents is 1. The number of esters is 1. The number of hydrogen-bond acceptors (Lipinski definition) is 8. The Bertz CT molecular complexity index is 1040. The number of ether oxygens (including phenoxy) is 1. The van der Waals surface area contributed by atoms with Crippen molar-refractivity contribution in [1.29, 1.82) is 5.26 Å². The van der Waals surface area contributed by atoms with Gasteiger partial charge < -0.3 is 9.15 Å². The molecule has 1 aromatic heterocycles. The van der Waals surface area contributed by atoms with E-state index in [0.29, 0.717) is 11.1 Å². The van der Waals surface area contributed by atoms with Crippen molar-refractivity contribution < 1.29 is 18.9 Å². The molecule has 0 aliphatic rings. The zero-order chi connectivity index (χ0) is 19.4. The van der Waals surface area contributed by atoms with Crippen LogP contribution in [-0.2, 0) is 4.74 Å². The number of nitriles is 1. The van der Waals surface area contributed by atoms with Gasteiger partial charge >= 0.3 is 5.97 Å². The molecule has 0 bridgehead atoms. The van der Waals surface area contributed by atoms with Crippen molar-refractivity contribution in [2.45, 2.75) is 13.0 Å². The molecule has 134 valence electrons. The van der Waals surface area contributed by atoms with Crippen LogP contribution < -0.4 is 0 Å². The molecule has 2 aromatic carbocycles. The predicted octanol–water partition coefficient (Wildman–Crippen LogP) is 3.43. The van der Waals surface area contributed by atoms with E-state index in [1.54, 1.807) is 19.1 Å². The summed E-state index contributed by atoms with van der Waals surface area (Å²) >= 11 is 0. The topological polar surface area (TPSA) is 132 Å². The fourth-order valence-electron chi connectivity index (χ4n) is 2.24. The van der Waals surface area contributed by atoms with Gasteiger partial charge in [-0.3, -0.25) is 10.1 Å². The van der Waals surface area contributed by atoms with Crippen molar-refractivity contribution >= 4 is 11.7 Å². The van der Waals surface area contributed by atoms with Crippen LogP contribution in [0, 0.1) is 21.4 Å². The molecule has 0 saturated heterocycles. The number of hydrogen-bond donors (Lipinski definition) is 0. The Morgan fingerprint density at radius 3 is 2.67 bits per heavy atom. The summed E-state index contributed by atoms with van der Waals surface area (Å²) in [5.74, 6) is -0.405. The van der Waals surface area contributed by atoms with Crippen molar-refractivity contribution in [2.24, 2.45) is 0 Å². The summed E-state index contributed by atoms with van der Waals surface area (Å²) in [6.07, 6.45) is -0.817. The van der Waals surface area contributed by atoms with E-state index in [4.69, 9.17) is 14.4 Å². The Morgan fingerprint density at radius 2 is 2.00 bits per heavy atom. The molecular weight excluding hydrogens is 352 g/mol. The van der Waals surface area contributed by atoms with Gasteiger partial charge in [-0.2, -0.15) is 5.26 Å². The van der Waals surface area contributed by atoms with E-state index in [0.717, 1.165) is 0 Å². The molecule has 0 radical (unpaired) electrons. The highest BCUT2D eigenvalue weighted by Crippen LogP contribution is 2.24. The van der Waals surface area contributed by atoms with Crippen molar-refractivity contribution in [1.82, 2.24) is 10.2 Å². The van der Waals surface area contributed by atoms with Gasteiger partial charge in [0, 0.05) is 17.7 Å². The fraction of sp³-hybridized carbons (Fsp3) is 0.111. The second-order valence-electron chi connectivity index (χ2n) is 5.49. The van der Waals surface area contributed by atoms with E-state index in [1.165, 1.54) is 36.4 Å². The second kappa shape index (κ2) is 7.45. The van der Waals surface area contributed by atoms with Gasteiger partial charge in [0.2, 0.25) is 5.89 Å². The van der Waals surface area contributed by atoms with Crippen molar-refractivity contribution in [3.05, 3.63) is 75.7 Å². The first kappa shape index (κ1) is 17.8. The zero-order valence-electron chi connectivity index (χ0n) is 14.0. The molecule has 0 fully saturated rings. The fourth-order valence-corrected chi connectivity index (χ4v) is 2.24. The van der Waals surface area contributed by atoms with Gasteiger partial charge in [0.25, 0.3) is 11.6 Å². The highest BCUT2D eigenvalue weighted by molar-refractivity contribution is 5.89. The summed E-state index contributed by atoms with van der Waals surface area (Å²) in [5, 5.41) is 27.3. The third-order valence-electron chi connectivity index (χ3n) is 3.62. The number of carbonyl (C=O) groups excluding carboxylic acids is 1. The number of non-ortho nitro benzene ring substituents is 1. The van der Waals surface area contributed by atoms with Gasteiger partial charge in [0.15, 0.2) is 6.10 Å². The number of nitrogens with zero attached hydrogens (tertiary/aromatic N) is 4. The molecule has 9 heteroatoms. The zero-order valence-corrected chi connectivity index (χ0v) is 14.0. The molecule has 3 aromatic rings. The van der Waals surface area contributed by atoms with Crippen LogP contribution in [0.5, 0.6) is 0 Å². The van der Waals surface area contributed by atoms with Crippen LogP contribution in [-0.4, -0.2) is 21.1 Å². The lowest BCUT2D eigenvalue weighted by Gasteiger charge is -2.09. The van der Waals surface area contributed by atoms with Crippen molar-refractivity contribution in [3.63, 3.8) is 0 Å². The van der Waals surface area contributed by atoms with E-state index in [-0.39, 0.29) is 23.0 Å². The normalized spacial score (nSPS) is 11.4. The van der Waals surface area contributed by atoms with Crippen LogP contribution in [0.3, 0.4) is 0 Å². The minimum Gasteiger partial charge on any atom is -0.449 e. The lowest BCUT2D eigenvalue weighted by Crippen LogP contribution is -2.09. The van der Waals surface area contributed by atoms with Crippen LogP contribution in [0.1, 0.15) is 34.8 Å². The highest BCUT2D eigenvalue weighted by atomic mass is 16.6. The first-order valence-electron chi connectivity index (χ1n) is 7.77. The van der Waals surface area contributed by atoms with E-state index < -0.39 is 17.0 Å². The van der Waals surface area contributed by atoms with Gasteiger partial charge in [0.05, 0.1) is 22.1 Å². The maximum atomic E-state index is 12.2. The number of benzene rings is 2. The molecule has 9 nitrogen and oxygen atoms in total. The van der Waals surface area contributed by atoms with Gasteiger partial charge in [-0.05, 0) is 37.3 Å². The Hall–Kier alpha value is -4.06. The molecule has 3 rings (SSSR count). The van der Waals surface area contributed by atoms with Crippen molar-refractivity contribution in [2.75, 3.05) is 0 Å². The van der Waals surface area contributed by atoms with E-state index in [9.17, 15) is 14.9 Å². The second-order valence-corrected chi connectivity index (χ2v) is 5.49. The Kier molecular flexibility index (Phi) is 4.90. The van der Waals surface area contributed by atoms with E-state index in [1.807, 2.05) is 6.07 Å². The number of nitro groups is 1. The van der Waals surface area contributed by atoms with Gasteiger partial charge in [-0.15, -0.1) is 10.2 Å². The quantitative estimate of drug-likeness (QED) is 0.382. The first-order valence-corrected chi connectivity index (χ1v) is 7.77. The third kappa shape index (κ3) is 3.96. The maximum Gasteiger partial charge on any atom is 0.338 e. The van der Waals surface area contributed by atoms with Gasteiger partial charge in [-0.25, -0.2) is 4.79 Å².